The number of aryl methyl sites for hydroxylation is 1. The molecule has 0 amide bonds. The molecule has 2 unspecified atom stereocenters. The van der Waals surface area contributed by atoms with Crippen molar-refractivity contribution in [3.8, 4) is 6.07 Å². The molecule has 2 rings (SSSR count). The lowest BCUT2D eigenvalue weighted by Gasteiger charge is -2.40. The molecule has 4 heteroatoms. The van der Waals surface area contributed by atoms with Crippen LogP contribution < -0.4 is 10.6 Å². The summed E-state index contributed by atoms with van der Waals surface area (Å²) >= 11 is 0. The first kappa shape index (κ1) is 12.8. The van der Waals surface area contributed by atoms with Crippen LogP contribution in [-0.4, -0.2) is 24.1 Å². The van der Waals surface area contributed by atoms with Crippen molar-refractivity contribution in [1.82, 2.24) is 4.98 Å². The molecule has 96 valence electrons. The highest BCUT2D eigenvalue weighted by atomic mass is 15.2. The fraction of sp³-hybridized carbons (Fsp3) is 0.571. The van der Waals surface area contributed by atoms with Crippen molar-refractivity contribution in [1.29, 1.82) is 5.26 Å². The van der Waals surface area contributed by atoms with E-state index in [1.165, 1.54) is 12.8 Å². The van der Waals surface area contributed by atoms with Gasteiger partial charge in [0.25, 0.3) is 0 Å². The van der Waals surface area contributed by atoms with E-state index in [0.717, 1.165) is 18.1 Å². The summed E-state index contributed by atoms with van der Waals surface area (Å²) in [4.78, 5) is 6.84. The monoisotopic (exact) mass is 244 g/mol. The van der Waals surface area contributed by atoms with Crippen LogP contribution in [0.1, 0.15) is 31.0 Å². The number of rotatable bonds is 2. The predicted molar refractivity (Wildman–Crippen MR) is 72.3 cm³/mol. The number of aromatic nitrogens is 1. The van der Waals surface area contributed by atoms with Crippen LogP contribution in [-0.2, 0) is 0 Å². The van der Waals surface area contributed by atoms with Gasteiger partial charge in [-0.15, -0.1) is 0 Å². The van der Waals surface area contributed by atoms with E-state index in [-0.39, 0.29) is 0 Å². The lowest BCUT2D eigenvalue weighted by atomic mass is 9.91. The van der Waals surface area contributed by atoms with Gasteiger partial charge in [-0.2, -0.15) is 5.26 Å². The number of nitriles is 1. The van der Waals surface area contributed by atoms with Gasteiger partial charge in [0.05, 0.1) is 11.3 Å². The Hall–Kier alpha value is -1.60. The van der Waals surface area contributed by atoms with Crippen LogP contribution in [0.25, 0.3) is 0 Å². The summed E-state index contributed by atoms with van der Waals surface area (Å²) in [6, 6.07) is 6.30. The van der Waals surface area contributed by atoms with Crippen LogP contribution in [0.15, 0.2) is 12.1 Å². The van der Waals surface area contributed by atoms with Gasteiger partial charge >= 0.3 is 0 Å². The average molecular weight is 244 g/mol. The number of hydrogen-bond donors (Lipinski definition) is 1. The third-order valence-corrected chi connectivity index (χ3v) is 3.84. The summed E-state index contributed by atoms with van der Waals surface area (Å²) in [6.45, 7) is 5.79. The van der Waals surface area contributed by atoms with Gasteiger partial charge < -0.3 is 10.6 Å². The van der Waals surface area contributed by atoms with Gasteiger partial charge in [0, 0.05) is 19.1 Å². The standard InChI is InChI=1S/C14H20N4/c1-10-4-3-7-18(13(10)9-16)14-6-5-12(8-15)11(2)17-14/h5-6,10,13H,3-4,7,9,16H2,1-2H3. The minimum absolute atomic E-state index is 0.360. The zero-order valence-corrected chi connectivity index (χ0v) is 11.1. The van der Waals surface area contributed by atoms with Crippen LogP contribution in [0, 0.1) is 24.2 Å². The Morgan fingerprint density at radius 2 is 2.33 bits per heavy atom. The Labute approximate surface area is 108 Å². The molecule has 1 saturated heterocycles. The highest BCUT2D eigenvalue weighted by Crippen LogP contribution is 2.27. The fourth-order valence-corrected chi connectivity index (χ4v) is 2.72. The lowest BCUT2D eigenvalue weighted by molar-refractivity contribution is 0.348. The second-order valence-corrected chi connectivity index (χ2v) is 5.03. The van der Waals surface area contributed by atoms with E-state index in [1.807, 2.05) is 19.1 Å². The summed E-state index contributed by atoms with van der Waals surface area (Å²) in [5, 5.41) is 8.94. The number of anilines is 1. The number of pyridine rings is 1. The molecule has 2 atom stereocenters. The second kappa shape index (κ2) is 5.36. The fourth-order valence-electron chi connectivity index (χ4n) is 2.72. The topological polar surface area (TPSA) is 65.9 Å². The van der Waals surface area contributed by atoms with Crippen molar-refractivity contribution >= 4 is 5.82 Å². The summed E-state index contributed by atoms with van der Waals surface area (Å²) in [7, 11) is 0. The first-order chi connectivity index (χ1) is 8.67. The molecule has 2 heterocycles. The summed E-state index contributed by atoms with van der Waals surface area (Å²) in [5.41, 5.74) is 7.34. The van der Waals surface area contributed by atoms with Crippen LogP contribution in [0.2, 0.25) is 0 Å². The van der Waals surface area contributed by atoms with E-state index in [9.17, 15) is 0 Å². The van der Waals surface area contributed by atoms with Crippen molar-refractivity contribution in [3.63, 3.8) is 0 Å². The Balaban J connectivity index is 2.30. The molecule has 1 aliphatic rings. The van der Waals surface area contributed by atoms with Gasteiger partial charge in [0.15, 0.2) is 0 Å². The van der Waals surface area contributed by atoms with Gasteiger partial charge in [0.2, 0.25) is 0 Å². The van der Waals surface area contributed by atoms with E-state index in [2.05, 4.69) is 22.9 Å². The van der Waals surface area contributed by atoms with Gasteiger partial charge in [-0.25, -0.2) is 4.98 Å². The Morgan fingerprint density at radius 3 is 2.94 bits per heavy atom. The molecule has 0 aliphatic carbocycles. The molecule has 4 nitrogen and oxygen atoms in total. The zero-order chi connectivity index (χ0) is 13.1. The maximum atomic E-state index is 8.94. The van der Waals surface area contributed by atoms with Crippen molar-refractivity contribution in [2.45, 2.75) is 32.7 Å². The number of nitrogens with zero attached hydrogens (tertiary/aromatic N) is 3. The number of nitrogens with two attached hydrogens (primary N) is 1. The average Bonchev–Trinajstić information content (AvgIpc) is 2.38. The van der Waals surface area contributed by atoms with Crippen molar-refractivity contribution < 1.29 is 0 Å². The normalized spacial score (nSPS) is 23.8. The molecule has 0 spiro atoms. The minimum atomic E-state index is 0.360. The second-order valence-electron chi connectivity index (χ2n) is 5.03. The maximum absolute atomic E-state index is 8.94. The molecule has 0 aromatic carbocycles. The quantitative estimate of drug-likeness (QED) is 0.862. The molecule has 1 aromatic heterocycles. The Bertz CT molecular complexity index is 463. The molecule has 0 radical (unpaired) electrons. The SMILES string of the molecule is Cc1nc(N2CCCC(C)C2CN)ccc1C#N. The first-order valence-corrected chi connectivity index (χ1v) is 6.51. The molecule has 0 saturated carbocycles. The molecule has 18 heavy (non-hydrogen) atoms. The van der Waals surface area contributed by atoms with Crippen LogP contribution >= 0.6 is 0 Å². The highest BCUT2D eigenvalue weighted by Gasteiger charge is 2.28. The van der Waals surface area contributed by atoms with E-state index in [4.69, 9.17) is 11.0 Å². The lowest BCUT2D eigenvalue weighted by Crippen LogP contribution is -2.49. The van der Waals surface area contributed by atoms with Crippen LogP contribution in [0.4, 0.5) is 5.82 Å². The maximum Gasteiger partial charge on any atom is 0.129 e. The molecule has 2 N–H and O–H groups in total. The van der Waals surface area contributed by atoms with E-state index >= 15 is 0 Å². The van der Waals surface area contributed by atoms with Crippen LogP contribution in [0.5, 0.6) is 0 Å². The molecule has 1 aromatic rings. The van der Waals surface area contributed by atoms with E-state index in [1.54, 1.807) is 0 Å². The number of piperidine rings is 1. The molecular formula is C14H20N4. The first-order valence-electron chi connectivity index (χ1n) is 6.51. The third-order valence-electron chi connectivity index (χ3n) is 3.84. The number of hydrogen-bond acceptors (Lipinski definition) is 4. The van der Waals surface area contributed by atoms with Gasteiger partial charge in [-0.1, -0.05) is 6.92 Å². The van der Waals surface area contributed by atoms with Crippen molar-refractivity contribution in [2.24, 2.45) is 11.7 Å². The van der Waals surface area contributed by atoms with Gasteiger partial charge in [-0.3, -0.25) is 0 Å². The van der Waals surface area contributed by atoms with Gasteiger partial charge in [-0.05, 0) is 37.8 Å². The Kier molecular flexibility index (Phi) is 3.83. The van der Waals surface area contributed by atoms with Gasteiger partial charge in [0.1, 0.15) is 11.9 Å². The molecule has 0 bridgehead atoms. The largest absolute Gasteiger partial charge is 0.352 e. The van der Waals surface area contributed by atoms with Crippen molar-refractivity contribution in [2.75, 3.05) is 18.0 Å². The molecular weight excluding hydrogens is 224 g/mol. The molecule has 1 fully saturated rings. The summed E-state index contributed by atoms with van der Waals surface area (Å²) in [6.07, 6.45) is 2.41. The zero-order valence-electron chi connectivity index (χ0n) is 11.1. The Morgan fingerprint density at radius 1 is 1.56 bits per heavy atom. The highest BCUT2D eigenvalue weighted by molar-refractivity contribution is 5.46. The van der Waals surface area contributed by atoms with Crippen LogP contribution in [0.3, 0.4) is 0 Å². The van der Waals surface area contributed by atoms with Crippen molar-refractivity contribution in [3.05, 3.63) is 23.4 Å². The molecule has 1 aliphatic heterocycles. The predicted octanol–water partition coefficient (Wildman–Crippen LogP) is 1.83. The summed E-state index contributed by atoms with van der Waals surface area (Å²) in [5.74, 6) is 1.55. The smallest absolute Gasteiger partial charge is 0.129 e. The van der Waals surface area contributed by atoms with E-state index < -0.39 is 0 Å². The minimum Gasteiger partial charge on any atom is -0.352 e. The summed E-state index contributed by atoms with van der Waals surface area (Å²) < 4.78 is 0. The third kappa shape index (κ3) is 2.32. The van der Waals surface area contributed by atoms with E-state index in [0.29, 0.717) is 24.1 Å².